The smallest absolute Gasteiger partial charge is 0.325 e. The van der Waals surface area contributed by atoms with Crippen LogP contribution in [0.3, 0.4) is 0 Å². The average Bonchev–Trinajstić information content (AvgIpc) is 3.32. The molecule has 11 heteroatoms. The Bertz CT molecular complexity index is 1420. The Morgan fingerprint density at radius 1 is 1.06 bits per heavy atom. The van der Waals surface area contributed by atoms with Crippen LogP contribution in [-0.4, -0.2) is 37.7 Å². The summed E-state index contributed by atoms with van der Waals surface area (Å²) in [6.45, 7) is 1.85. The molecular weight excluding hydrogens is 500 g/mol. The van der Waals surface area contributed by atoms with Crippen molar-refractivity contribution in [3.8, 4) is 5.75 Å². The summed E-state index contributed by atoms with van der Waals surface area (Å²) in [5, 5.41) is 4.53. The van der Waals surface area contributed by atoms with Gasteiger partial charge in [-0.1, -0.05) is 29.8 Å². The van der Waals surface area contributed by atoms with Crippen LogP contribution < -0.4 is 15.4 Å². The zero-order valence-corrected chi connectivity index (χ0v) is 20.9. The summed E-state index contributed by atoms with van der Waals surface area (Å²) in [7, 11) is 1.48. The Balaban J connectivity index is 1.54. The van der Waals surface area contributed by atoms with Crippen molar-refractivity contribution in [3.63, 3.8) is 0 Å². The number of para-hydroxylation sites is 1. The van der Waals surface area contributed by atoms with Gasteiger partial charge in [-0.3, -0.25) is 19.3 Å². The standard InChI is InChI=1S/C25H22N4O5S2/c1-15-9-10-19(18(12-15)22(30)17-7-3-4-8-20(17)34-2)28-24(31)29-25-27-14-21(35-25)23(36(32)33)16-6-5-11-26-13-16/h3-14,23H,1-2H3,(H,32,33)(H2,27,28,29,31)/p-1. The first kappa shape index (κ1) is 25.2. The fraction of sp³-hybridized carbons (Fsp3) is 0.120. The maximum absolute atomic E-state index is 13.3. The molecule has 0 spiro atoms. The largest absolute Gasteiger partial charge is 0.772 e. The second-order valence-electron chi connectivity index (χ2n) is 7.65. The molecule has 0 radical (unpaired) electrons. The van der Waals surface area contributed by atoms with Gasteiger partial charge in [-0.15, -0.1) is 11.3 Å². The normalized spacial score (nSPS) is 12.4. The van der Waals surface area contributed by atoms with Crippen molar-refractivity contribution in [2.45, 2.75) is 12.2 Å². The van der Waals surface area contributed by atoms with Gasteiger partial charge in [0, 0.05) is 29.0 Å². The molecule has 0 saturated heterocycles. The molecule has 0 fully saturated rings. The number of carbonyl (C=O) groups excluding carboxylic acids is 2. The van der Waals surface area contributed by atoms with Crippen LogP contribution in [0.2, 0.25) is 0 Å². The van der Waals surface area contributed by atoms with Crippen molar-refractivity contribution in [2.24, 2.45) is 0 Å². The third-order valence-electron chi connectivity index (χ3n) is 5.20. The molecule has 2 atom stereocenters. The van der Waals surface area contributed by atoms with E-state index in [2.05, 4.69) is 20.6 Å². The predicted octanol–water partition coefficient (Wildman–Crippen LogP) is 4.70. The number of aryl methyl sites for hydroxylation is 1. The van der Waals surface area contributed by atoms with Gasteiger partial charge in [-0.05, 0) is 53.9 Å². The number of nitrogens with zero attached hydrogens (tertiary/aromatic N) is 2. The number of anilines is 2. The highest BCUT2D eigenvalue weighted by Crippen LogP contribution is 2.33. The SMILES string of the molecule is COc1ccccc1C(=O)c1cc(C)ccc1NC(=O)Nc1ncc(C(c2cccnc2)S(=O)[O-])s1. The van der Waals surface area contributed by atoms with Crippen molar-refractivity contribution >= 4 is 45.1 Å². The number of nitrogens with one attached hydrogen (secondary N) is 2. The molecule has 2 aromatic carbocycles. The third kappa shape index (κ3) is 5.65. The molecule has 4 aromatic rings. The molecule has 0 bridgehead atoms. The van der Waals surface area contributed by atoms with Crippen LogP contribution in [0.1, 0.15) is 37.2 Å². The highest BCUT2D eigenvalue weighted by molar-refractivity contribution is 7.79. The Hall–Kier alpha value is -3.93. The van der Waals surface area contributed by atoms with Crippen LogP contribution in [-0.2, 0) is 11.1 Å². The summed E-state index contributed by atoms with van der Waals surface area (Å²) in [5.41, 5.74) is 2.30. The predicted molar refractivity (Wildman–Crippen MR) is 137 cm³/mol. The Labute approximate surface area is 213 Å². The van der Waals surface area contributed by atoms with Gasteiger partial charge in [0.05, 0.1) is 23.6 Å². The number of rotatable bonds is 8. The van der Waals surface area contributed by atoms with Gasteiger partial charge in [-0.25, -0.2) is 9.78 Å². The van der Waals surface area contributed by atoms with E-state index < -0.39 is 22.4 Å². The number of ketones is 1. The number of urea groups is 1. The fourth-order valence-corrected chi connectivity index (χ4v) is 5.36. The zero-order chi connectivity index (χ0) is 25.7. The molecule has 0 aliphatic heterocycles. The quantitative estimate of drug-likeness (QED) is 0.254. The molecule has 0 saturated carbocycles. The van der Waals surface area contributed by atoms with Crippen LogP contribution in [0.25, 0.3) is 0 Å². The molecule has 2 amide bonds. The van der Waals surface area contributed by atoms with Crippen LogP contribution in [0.15, 0.2) is 73.2 Å². The van der Waals surface area contributed by atoms with Crippen molar-refractivity contribution in [1.82, 2.24) is 9.97 Å². The van der Waals surface area contributed by atoms with Gasteiger partial charge in [-0.2, -0.15) is 0 Å². The summed E-state index contributed by atoms with van der Waals surface area (Å²) in [5.74, 6) is 0.119. The number of methoxy groups -OCH3 is 1. The monoisotopic (exact) mass is 521 g/mol. The van der Waals surface area contributed by atoms with Crippen molar-refractivity contribution in [3.05, 3.63) is 100 Å². The van der Waals surface area contributed by atoms with E-state index in [1.807, 2.05) is 6.92 Å². The zero-order valence-electron chi connectivity index (χ0n) is 19.3. The van der Waals surface area contributed by atoms with Gasteiger partial charge in [0.1, 0.15) is 5.75 Å². The van der Waals surface area contributed by atoms with Gasteiger partial charge in [0.15, 0.2) is 10.9 Å². The van der Waals surface area contributed by atoms with E-state index in [1.54, 1.807) is 60.8 Å². The third-order valence-corrected chi connectivity index (χ3v) is 7.24. The summed E-state index contributed by atoms with van der Waals surface area (Å²) in [6.07, 6.45) is 4.42. The van der Waals surface area contributed by atoms with E-state index >= 15 is 0 Å². The first-order valence-corrected chi connectivity index (χ1v) is 12.6. The van der Waals surface area contributed by atoms with Crippen LogP contribution >= 0.6 is 11.3 Å². The number of benzene rings is 2. The second kappa shape index (κ2) is 11.2. The number of thiazole rings is 1. The Morgan fingerprint density at radius 3 is 2.58 bits per heavy atom. The summed E-state index contributed by atoms with van der Waals surface area (Å²) >= 11 is -1.43. The molecule has 2 heterocycles. The molecule has 36 heavy (non-hydrogen) atoms. The van der Waals surface area contributed by atoms with Crippen molar-refractivity contribution < 1.29 is 23.1 Å². The lowest BCUT2D eigenvalue weighted by molar-refractivity contribution is 0.103. The summed E-state index contributed by atoms with van der Waals surface area (Å²) < 4.78 is 29.1. The minimum Gasteiger partial charge on any atom is -0.772 e. The molecule has 184 valence electrons. The van der Waals surface area contributed by atoms with Gasteiger partial charge in [0.25, 0.3) is 0 Å². The van der Waals surface area contributed by atoms with Gasteiger partial charge in [0.2, 0.25) is 0 Å². The molecule has 0 aliphatic rings. The number of carbonyl (C=O) groups is 2. The maximum atomic E-state index is 13.3. The lowest BCUT2D eigenvalue weighted by Crippen LogP contribution is -2.21. The molecule has 2 unspecified atom stereocenters. The van der Waals surface area contributed by atoms with Crippen LogP contribution in [0.4, 0.5) is 15.6 Å². The Morgan fingerprint density at radius 2 is 1.86 bits per heavy atom. The second-order valence-corrected chi connectivity index (χ2v) is 9.71. The number of hydrogen-bond donors (Lipinski definition) is 2. The molecular formula is C25H21N4O5S2-. The average molecular weight is 522 g/mol. The summed E-state index contributed by atoms with van der Waals surface area (Å²) in [6, 6.07) is 14.6. The van der Waals surface area contributed by atoms with Crippen molar-refractivity contribution in [1.29, 1.82) is 0 Å². The fourth-order valence-electron chi connectivity index (χ4n) is 3.55. The van der Waals surface area contributed by atoms with E-state index in [4.69, 9.17) is 4.74 Å². The maximum Gasteiger partial charge on any atom is 0.325 e. The first-order valence-electron chi connectivity index (χ1n) is 10.7. The molecule has 9 nitrogen and oxygen atoms in total. The topological polar surface area (TPSA) is 133 Å². The summed E-state index contributed by atoms with van der Waals surface area (Å²) in [4.78, 5) is 34.6. The lowest BCUT2D eigenvalue weighted by Gasteiger charge is -2.17. The van der Waals surface area contributed by atoms with E-state index in [1.165, 1.54) is 19.5 Å². The van der Waals surface area contributed by atoms with Gasteiger partial charge < -0.3 is 14.6 Å². The lowest BCUT2D eigenvalue weighted by atomic mass is 9.99. The molecule has 4 rings (SSSR count). The highest BCUT2D eigenvalue weighted by Gasteiger charge is 2.21. The van der Waals surface area contributed by atoms with E-state index in [0.717, 1.165) is 16.9 Å². The van der Waals surface area contributed by atoms with Gasteiger partial charge >= 0.3 is 6.03 Å². The van der Waals surface area contributed by atoms with E-state index in [-0.39, 0.29) is 10.9 Å². The van der Waals surface area contributed by atoms with E-state index in [9.17, 15) is 18.4 Å². The van der Waals surface area contributed by atoms with Crippen molar-refractivity contribution in [2.75, 3.05) is 17.7 Å². The highest BCUT2D eigenvalue weighted by atomic mass is 32.2. The molecule has 2 aromatic heterocycles. The Kier molecular flexibility index (Phi) is 7.84. The van der Waals surface area contributed by atoms with Crippen LogP contribution in [0.5, 0.6) is 5.75 Å². The van der Waals surface area contributed by atoms with Crippen LogP contribution in [0, 0.1) is 6.92 Å². The number of hydrogen-bond acceptors (Lipinski definition) is 8. The number of pyridine rings is 1. The van der Waals surface area contributed by atoms with E-state index in [0.29, 0.717) is 33.0 Å². The number of ether oxygens (including phenoxy) is 1. The molecule has 0 aliphatic carbocycles. The number of amides is 2. The minimum atomic E-state index is -2.46. The molecule has 2 N–H and O–H groups in total. The minimum absolute atomic E-state index is 0.201. The number of aromatic nitrogens is 2. The first-order chi connectivity index (χ1) is 17.4.